The fourth-order valence-electron chi connectivity index (χ4n) is 1.80. The zero-order chi connectivity index (χ0) is 13.7. The summed E-state index contributed by atoms with van der Waals surface area (Å²) in [5.74, 6) is -0.568. The lowest BCUT2D eigenvalue weighted by molar-refractivity contribution is -0.121. The van der Waals surface area contributed by atoms with Crippen LogP contribution in [0.4, 0.5) is 0 Å². The molecule has 0 fully saturated rings. The van der Waals surface area contributed by atoms with Crippen molar-refractivity contribution in [3.63, 3.8) is 0 Å². The molecule has 0 saturated heterocycles. The molecule has 1 aliphatic rings. The summed E-state index contributed by atoms with van der Waals surface area (Å²) in [6, 6.07) is 8.71. The van der Waals surface area contributed by atoms with Gasteiger partial charge in [0.15, 0.2) is 0 Å². The number of hydrogen-bond acceptors (Lipinski definition) is 4. The predicted molar refractivity (Wildman–Crippen MR) is 69.2 cm³/mol. The van der Waals surface area contributed by atoms with Gasteiger partial charge in [-0.1, -0.05) is 30.3 Å². The van der Waals surface area contributed by atoms with Crippen molar-refractivity contribution in [2.45, 2.75) is 18.9 Å². The van der Waals surface area contributed by atoms with E-state index in [9.17, 15) is 14.7 Å². The molecule has 100 valence electrons. The lowest BCUT2D eigenvalue weighted by atomic mass is 10.1. The Morgan fingerprint density at radius 2 is 2.11 bits per heavy atom. The maximum Gasteiger partial charge on any atom is 0.268 e. The van der Waals surface area contributed by atoms with Crippen molar-refractivity contribution >= 4 is 17.5 Å². The number of benzene rings is 1. The monoisotopic (exact) mass is 261 g/mol. The van der Waals surface area contributed by atoms with Gasteiger partial charge >= 0.3 is 0 Å². The molecular weight excluding hydrogens is 246 g/mol. The summed E-state index contributed by atoms with van der Waals surface area (Å²) in [4.78, 5) is 22.9. The number of hydrazone groups is 1. The number of nitrogens with one attached hydrogen (secondary N) is 2. The molecule has 3 N–H and O–H groups in total. The molecule has 0 bridgehead atoms. The van der Waals surface area contributed by atoms with Gasteiger partial charge in [0.05, 0.1) is 12.6 Å². The number of amides is 2. The molecule has 1 aromatic rings. The van der Waals surface area contributed by atoms with Gasteiger partial charge in [0, 0.05) is 12.8 Å². The van der Waals surface area contributed by atoms with Gasteiger partial charge in [-0.15, -0.1) is 0 Å². The number of carbonyl (C=O) groups excluding carboxylic acids is 2. The van der Waals surface area contributed by atoms with Crippen molar-refractivity contribution in [2.75, 3.05) is 6.61 Å². The summed E-state index contributed by atoms with van der Waals surface area (Å²) < 4.78 is 0. The minimum absolute atomic E-state index is 0.196. The van der Waals surface area contributed by atoms with Crippen molar-refractivity contribution in [2.24, 2.45) is 5.10 Å². The normalized spacial score (nSPS) is 16.3. The van der Waals surface area contributed by atoms with Crippen LogP contribution < -0.4 is 10.7 Å². The first-order valence-corrected chi connectivity index (χ1v) is 6.03. The van der Waals surface area contributed by atoms with E-state index in [4.69, 9.17) is 0 Å². The molecule has 0 saturated carbocycles. The maximum atomic E-state index is 11.9. The maximum absolute atomic E-state index is 11.9. The van der Waals surface area contributed by atoms with Crippen LogP contribution in [0.15, 0.2) is 35.4 Å². The van der Waals surface area contributed by atoms with Crippen LogP contribution in [0, 0.1) is 0 Å². The molecule has 0 aromatic heterocycles. The molecule has 2 rings (SSSR count). The highest BCUT2D eigenvalue weighted by Gasteiger charge is 2.21. The molecule has 1 aromatic carbocycles. The van der Waals surface area contributed by atoms with Crippen LogP contribution >= 0.6 is 0 Å². The number of aliphatic hydroxyl groups excluding tert-OH is 1. The highest BCUT2D eigenvalue weighted by atomic mass is 16.3. The van der Waals surface area contributed by atoms with Crippen LogP contribution in [0.1, 0.15) is 24.4 Å². The van der Waals surface area contributed by atoms with Gasteiger partial charge in [-0.3, -0.25) is 9.59 Å². The van der Waals surface area contributed by atoms with Crippen molar-refractivity contribution in [3.8, 4) is 0 Å². The molecule has 0 unspecified atom stereocenters. The average molecular weight is 261 g/mol. The predicted octanol–water partition coefficient (Wildman–Crippen LogP) is 0.102. The topological polar surface area (TPSA) is 90.8 Å². The summed E-state index contributed by atoms with van der Waals surface area (Å²) >= 11 is 0. The Bertz CT molecular complexity index is 499. The Kier molecular flexibility index (Phi) is 4.25. The van der Waals surface area contributed by atoms with E-state index in [-0.39, 0.29) is 30.6 Å². The highest BCUT2D eigenvalue weighted by molar-refractivity contribution is 6.39. The zero-order valence-electron chi connectivity index (χ0n) is 10.3. The number of rotatable bonds is 4. The summed E-state index contributed by atoms with van der Waals surface area (Å²) in [6.07, 6.45) is 0.561. The molecule has 1 heterocycles. The lowest BCUT2D eigenvalue weighted by Gasteiger charge is -2.18. The van der Waals surface area contributed by atoms with Gasteiger partial charge < -0.3 is 10.4 Å². The second kappa shape index (κ2) is 6.10. The molecular formula is C13H15N3O3. The van der Waals surface area contributed by atoms with Gasteiger partial charge in [0.2, 0.25) is 5.91 Å². The molecule has 0 radical (unpaired) electrons. The van der Waals surface area contributed by atoms with E-state index in [0.29, 0.717) is 6.42 Å². The summed E-state index contributed by atoms with van der Waals surface area (Å²) in [7, 11) is 0. The van der Waals surface area contributed by atoms with Crippen molar-refractivity contribution < 1.29 is 14.7 Å². The third-order valence-corrected chi connectivity index (χ3v) is 2.86. The Morgan fingerprint density at radius 1 is 1.37 bits per heavy atom. The summed E-state index contributed by atoms with van der Waals surface area (Å²) in [5, 5.41) is 15.8. The van der Waals surface area contributed by atoms with Gasteiger partial charge in [-0.2, -0.15) is 5.10 Å². The molecule has 0 spiro atoms. The third-order valence-electron chi connectivity index (χ3n) is 2.86. The van der Waals surface area contributed by atoms with Crippen molar-refractivity contribution in [3.05, 3.63) is 35.9 Å². The number of nitrogens with zero attached hydrogens (tertiary/aromatic N) is 1. The first kappa shape index (κ1) is 13.2. The summed E-state index contributed by atoms with van der Waals surface area (Å²) in [5.41, 5.74) is 3.36. The highest BCUT2D eigenvalue weighted by Crippen LogP contribution is 2.12. The quantitative estimate of drug-likeness (QED) is 0.718. The Balaban J connectivity index is 2.03. The molecule has 1 aliphatic heterocycles. The molecule has 1 atom stereocenters. The Hall–Kier alpha value is -2.21. The van der Waals surface area contributed by atoms with Gasteiger partial charge in [0.1, 0.15) is 5.71 Å². The largest absolute Gasteiger partial charge is 0.394 e. The van der Waals surface area contributed by atoms with Crippen LogP contribution in [0.3, 0.4) is 0 Å². The zero-order valence-corrected chi connectivity index (χ0v) is 10.3. The van der Waals surface area contributed by atoms with Crippen LogP contribution in [0.25, 0.3) is 0 Å². The van der Waals surface area contributed by atoms with Crippen LogP contribution in [-0.4, -0.2) is 29.2 Å². The van der Waals surface area contributed by atoms with E-state index >= 15 is 0 Å². The van der Waals surface area contributed by atoms with E-state index in [2.05, 4.69) is 15.8 Å². The number of carbonyl (C=O) groups is 2. The summed E-state index contributed by atoms with van der Waals surface area (Å²) in [6.45, 7) is -0.199. The van der Waals surface area contributed by atoms with Crippen LogP contribution in [0.2, 0.25) is 0 Å². The fraction of sp³-hybridized carbons (Fsp3) is 0.308. The Labute approximate surface area is 110 Å². The molecule has 6 nitrogen and oxygen atoms in total. The molecule has 19 heavy (non-hydrogen) atoms. The van der Waals surface area contributed by atoms with Gasteiger partial charge in [0.25, 0.3) is 5.91 Å². The fourth-order valence-corrected chi connectivity index (χ4v) is 1.80. The standard InChI is InChI=1S/C13H15N3O3/c17-8-11(9-4-2-1-3-5-9)14-13(19)10-6-7-12(18)16-15-10/h1-5,11,17H,6-8H2,(H,14,19)(H,16,18)/t11-/m1/s1. The van der Waals surface area contributed by atoms with E-state index < -0.39 is 6.04 Å². The van der Waals surface area contributed by atoms with Crippen LogP contribution in [-0.2, 0) is 9.59 Å². The second-order valence-corrected chi connectivity index (χ2v) is 4.21. The molecule has 2 amide bonds. The van der Waals surface area contributed by atoms with Crippen LogP contribution in [0.5, 0.6) is 0 Å². The average Bonchev–Trinajstić information content (AvgIpc) is 2.46. The van der Waals surface area contributed by atoms with E-state index in [1.54, 1.807) is 0 Å². The number of hydrogen-bond donors (Lipinski definition) is 3. The first-order valence-electron chi connectivity index (χ1n) is 6.03. The van der Waals surface area contributed by atoms with E-state index in [0.717, 1.165) is 5.56 Å². The van der Waals surface area contributed by atoms with Crippen molar-refractivity contribution in [1.29, 1.82) is 0 Å². The second-order valence-electron chi connectivity index (χ2n) is 4.21. The van der Waals surface area contributed by atoms with Gasteiger partial charge in [-0.05, 0) is 5.56 Å². The minimum Gasteiger partial charge on any atom is -0.394 e. The van der Waals surface area contributed by atoms with Crippen molar-refractivity contribution in [1.82, 2.24) is 10.7 Å². The SMILES string of the molecule is O=C1CCC(C(=O)N[C@H](CO)c2ccccc2)=NN1. The van der Waals surface area contributed by atoms with E-state index in [1.807, 2.05) is 30.3 Å². The molecule has 0 aliphatic carbocycles. The third kappa shape index (κ3) is 3.38. The smallest absolute Gasteiger partial charge is 0.268 e. The van der Waals surface area contributed by atoms with Gasteiger partial charge in [-0.25, -0.2) is 5.43 Å². The first-order chi connectivity index (χ1) is 9.20. The number of aliphatic hydroxyl groups is 1. The van der Waals surface area contributed by atoms with E-state index in [1.165, 1.54) is 0 Å². The minimum atomic E-state index is -0.478. The molecule has 6 heteroatoms. The lowest BCUT2D eigenvalue weighted by Crippen LogP contribution is -2.39. The Morgan fingerprint density at radius 3 is 2.68 bits per heavy atom.